The minimum absolute atomic E-state index is 0.172. The number of anilines is 1. The number of amides is 1. The lowest BCUT2D eigenvalue weighted by Gasteiger charge is -2.08. The fourth-order valence-electron chi connectivity index (χ4n) is 2.20. The number of aromatic nitrogens is 2. The van der Waals surface area contributed by atoms with E-state index < -0.39 is 11.3 Å². The van der Waals surface area contributed by atoms with Crippen LogP contribution in [-0.2, 0) is 0 Å². The lowest BCUT2D eigenvalue weighted by atomic mass is 10.2. The molecule has 0 radical (unpaired) electrons. The molecule has 0 spiro atoms. The van der Waals surface area contributed by atoms with Gasteiger partial charge < -0.3 is 5.32 Å². The smallest absolute Gasteiger partial charge is 0.280 e. The van der Waals surface area contributed by atoms with Crippen molar-refractivity contribution in [2.24, 2.45) is 0 Å². The van der Waals surface area contributed by atoms with Gasteiger partial charge in [-0.05, 0) is 48.9 Å². The van der Waals surface area contributed by atoms with Crippen molar-refractivity contribution in [2.75, 3.05) is 5.32 Å². The molecule has 3 aromatic rings. The Labute approximate surface area is 143 Å². The van der Waals surface area contributed by atoms with Gasteiger partial charge in [0.15, 0.2) is 5.69 Å². The zero-order valence-electron chi connectivity index (χ0n) is 12.9. The molecule has 0 fully saturated rings. The highest BCUT2D eigenvalue weighted by molar-refractivity contribution is 6.30. The van der Waals surface area contributed by atoms with Crippen LogP contribution in [0.4, 0.5) is 5.69 Å². The lowest BCUT2D eigenvalue weighted by Crippen LogP contribution is -2.25. The predicted octanol–water partition coefficient (Wildman–Crippen LogP) is 3.45. The van der Waals surface area contributed by atoms with Gasteiger partial charge in [0.1, 0.15) is 0 Å². The van der Waals surface area contributed by atoms with Gasteiger partial charge in [0, 0.05) is 23.0 Å². The second kappa shape index (κ2) is 6.68. The number of nitrogens with zero attached hydrogens (tertiary/aromatic N) is 2. The number of hydrogen-bond donors (Lipinski definition) is 1. The molecular formula is C18H14ClN3O2. The Balaban J connectivity index is 1.92. The molecule has 0 aliphatic heterocycles. The summed E-state index contributed by atoms with van der Waals surface area (Å²) in [4.78, 5) is 24.3. The molecule has 6 heteroatoms. The van der Waals surface area contributed by atoms with E-state index in [1.807, 2.05) is 31.2 Å². The van der Waals surface area contributed by atoms with Crippen molar-refractivity contribution in [1.29, 1.82) is 0 Å². The van der Waals surface area contributed by atoms with Crippen LogP contribution >= 0.6 is 11.6 Å². The highest BCUT2D eigenvalue weighted by Gasteiger charge is 2.13. The second-order valence-corrected chi connectivity index (χ2v) is 5.71. The molecule has 0 aliphatic rings. The molecule has 1 N–H and O–H groups in total. The van der Waals surface area contributed by atoms with E-state index in [9.17, 15) is 9.59 Å². The van der Waals surface area contributed by atoms with E-state index in [-0.39, 0.29) is 5.69 Å². The van der Waals surface area contributed by atoms with Crippen molar-refractivity contribution in [2.45, 2.75) is 6.92 Å². The van der Waals surface area contributed by atoms with Crippen LogP contribution in [0.2, 0.25) is 5.02 Å². The number of rotatable bonds is 3. The van der Waals surface area contributed by atoms with E-state index in [4.69, 9.17) is 11.6 Å². The average molecular weight is 340 g/mol. The number of carbonyl (C=O) groups excluding carboxylic acids is 1. The maximum Gasteiger partial charge on any atom is 0.280 e. The van der Waals surface area contributed by atoms with Crippen LogP contribution in [0, 0.1) is 6.92 Å². The molecule has 1 heterocycles. The summed E-state index contributed by atoms with van der Waals surface area (Å²) in [5, 5.41) is 7.37. The molecule has 2 aromatic carbocycles. The quantitative estimate of drug-likeness (QED) is 0.795. The molecule has 0 atom stereocenters. The molecule has 5 nitrogen and oxygen atoms in total. The van der Waals surface area contributed by atoms with Crippen LogP contribution in [0.5, 0.6) is 0 Å². The minimum atomic E-state index is -0.565. The number of benzene rings is 2. The van der Waals surface area contributed by atoms with Crippen molar-refractivity contribution < 1.29 is 4.79 Å². The maximum absolute atomic E-state index is 12.4. The first kappa shape index (κ1) is 16.0. The largest absolute Gasteiger partial charge is 0.320 e. The monoisotopic (exact) mass is 339 g/mol. The summed E-state index contributed by atoms with van der Waals surface area (Å²) >= 11 is 5.81. The molecule has 0 aliphatic carbocycles. The summed E-state index contributed by atoms with van der Waals surface area (Å²) in [6, 6.07) is 15.6. The Morgan fingerprint density at radius 1 is 1.12 bits per heavy atom. The maximum atomic E-state index is 12.4. The first-order valence-corrected chi connectivity index (χ1v) is 7.65. The molecule has 0 unspecified atom stereocenters. The highest BCUT2D eigenvalue weighted by atomic mass is 35.5. The highest BCUT2D eigenvalue weighted by Crippen LogP contribution is 2.14. The predicted molar refractivity (Wildman–Crippen MR) is 94.0 cm³/mol. The third kappa shape index (κ3) is 3.52. The van der Waals surface area contributed by atoms with Gasteiger partial charge in [-0.15, -0.1) is 0 Å². The van der Waals surface area contributed by atoms with Crippen LogP contribution in [0.3, 0.4) is 0 Å². The zero-order valence-corrected chi connectivity index (χ0v) is 13.6. The third-order valence-electron chi connectivity index (χ3n) is 3.39. The molecule has 0 bridgehead atoms. The summed E-state index contributed by atoms with van der Waals surface area (Å²) in [6.07, 6.45) is 1.54. The number of hydrogen-bond acceptors (Lipinski definition) is 3. The van der Waals surface area contributed by atoms with Gasteiger partial charge in [0.05, 0.1) is 5.69 Å². The molecule has 0 saturated heterocycles. The van der Waals surface area contributed by atoms with E-state index in [0.717, 1.165) is 11.3 Å². The fraction of sp³-hybridized carbons (Fsp3) is 0.0556. The van der Waals surface area contributed by atoms with E-state index in [1.54, 1.807) is 24.3 Å². The summed E-state index contributed by atoms with van der Waals surface area (Å²) in [6.45, 7) is 1.96. The van der Waals surface area contributed by atoms with Crippen LogP contribution < -0.4 is 10.7 Å². The lowest BCUT2D eigenvalue weighted by molar-refractivity contribution is 0.101. The second-order valence-electron chi connectivity index (χ2n) is 5.27. The number of carbonyl (C=O) groups is 1. The van der Waals surface area contributed by atoms with E-state index >= 15 is 0 Å². The number of halogens is 1. The minimum Gasteiger partial charge on any atom is -0.320 e. The molecule has 0 saturated carbocycles. The molecule has 24 heavy (non-hydrogen) atoms. The van der Waals surface area contributed by atoms with E-state index in [1.165, 1.54) is 16.9 Å². The summed E-state index contributed by atoms with van der Waals surface area (Å²) in [7, 11) is 0. The van der Waals surface area contributed by atoms with Crippen LogP contribution in [0.25, 0.3) is 5.69 Å². The molecule has 3 rings (SSSR count). The van der Waals surface area contributed by atoms with Gasteiger partial charge in [-0.2, -0.15) is 5.10 Å². The van der Waals surface area contributed by atoms with Gasteiger partial charge in [0.2, 0.25) is 5.43 Å². The van der Waals surface area contributed by atoms with Gasteiger partial charge >= 0.3 is 0 Å². The standard InChI is InChI=1S/C18H14ClN3O2/c1-12-3-2-4-15(11-12)22-10-9-16(23)17(21-22)18(24)20-14-7-5-13(19)6-8-14/h2-11H,1H3,(H,20,24). The van der Waals surface area contributed by atoms with Gasteiger partial charge in [-0.3, -0.25) is 9.59 Å². The Hall–Kier alpha value is -2.92. The van der Waals surface area contributed by atoms with Crippen LogP contribution in [-0.4, -0.2) is 15.7 Å². The summed E-state index contributed by atoms with van der Waals surface area (Å²) < 4.78 is 1.51. The number of aryl methyl sites for hydroxylation is 1. The molecule has 1 amide bonds. The third-order valence-corrected chi connectivity index (χ3v) is 3.64. The fourth-order valence-corrected chi connectivity index (χ4v) is 2.33. The normalized spacial score (nSPS) is 10.4. The molecule has 1 aromatic heterocycles. The molecular weight excluding hydrogens is 326 g/mol. The van der Waals surface area contributed by atoms with Crippen molar-refractivity contribution in [3.8, 4) is 5.69 Å². The van der Waals surface area contributed by atoms with Crippen LogP contribution in [0.15, 0.2) is 65.6 Å². The van der Waals surface area contributed by atoms with Crippen molar-refractivity contribution >= 4 is 23.2 Å². The topological polar surface area (TPSA) is 64.0 Å². The van der Waals surface area contributed by atoms with Gasteiger partial charge in [-0.25, -0.2) is 4.68 Å². The van der Waals surface area contributed by atoms with Crippen LogP contribution in [0.1, 0.15) is 16.1 Å². The zero-order chi connectivity index (χ0) is 17.1. The van der Waals surface area contributed by atoms with Gasteiger partial charge in [0.25, 0.3) is 5.91 Å². The average Bonchev–Trinajstić information content (AvgIpc) is 2.57. The molecule has 120 valence electrons. The van der Waals surface area contributed by atoms with Crippen molar-refractivity contribution in [3.63, 3.8) is 0 Å². The van der Waals surface area contributed by atoms with Crippen molar-refractivity contribution in [3.05, 3.63) is 87.3 Å². The van der Waals surface area contributed by atoms with E-state index in [0.29, 0.717) is 10.7 Å². The SMILES string of the molecule is Cc1cccc(-n2ccc(=O)c(C(=O)Nc3ccc(Cl)cc3)n2)c1. The van der Waals surface area contributed by atoms with Crippen molar-refractivity contribution in [1.82, 2.24) is 9.78 Å². The van der Waals surface area contributed by atoms with E-state index in [2.05, 4.69) is 10.4 Å². The summed E-state index contributed by atoms with van der Waals surface area (Å²) in [5.74, 6) is -0.565. The Morgan fingerprint density at radius 2 is 1.88 bits per heavy atom. The first-order valence-electron chi connectivity index (χ1n) is 7.27. The van der Waals surface area contributed by atoms with Gasteiger partial charge in [-0.1, -0.05) is 23.7 Å². The Morgan fingerprint density at radius 3 is 2.58 bits per heavy atom. The number of nitrogens with one attached hydrogen (secondary N) is 1. The Bertz CT molecular complexity index is 949. The summed E-state index contributed by atoms with van der Waals surface area (Å²) in [5.41, 5.74) is 1.76. The first-order chi connectivity index (χ1) is 11.5. The Kier molecular flexibility index (Phi) is 4.44.